The quantitative estimate of drug-likeness (QED) is 0.753. The molecule has 1 aromatic rings. The molecular formula is C9H14N2O2. The van der Waals surface area contributed by atoms with Crippen molar-refractivity contribution in [2.75, 3.05) is 6.54 Å². The maximum Gasteiger partial charge on any atom is 0.273 e. The predicted molar refractivity (Wildman–Crippen MR) is 48.3 cm³/mol. The average molecular weight is 182 g/mol. The van der Waals surface area contributed by atoms with Crippen LogP contribution < -0.4 is 5.32 Å². The Bertz CT molecular complexity index is 272. The largest absolute Gasteiger partial charge is 0.364 e. The molecule has 0 atom stereocenters. The van der Waals surface area contributed by atoms with Crippen LogP contribution in [0.2, 0.25) is 0 Å². The normalized spacial score (nSPS) is 11.3. The monoisotopic (exact) mass is 182 g/mol. The van der Waals surface area contributed by atoms with E-state index in [9.17, 15) is 4.79 Å². The molecule has 0 aliphatic carbocycles. The van der Waals surface area contributed by atoms with Crippen LogP contribution in [0.4, 0.5) is 0 Å². The maximum absolute atomic E-state index is 11.3. The average Bonchev–Trinajstić information content (AvgIpc) is 2.50. The Balaban J connectivity index is 2.44. The first-order valence-electron chi connectivity index (χ1n) is 4.18. The number of carbonyl (C=O) groups excluding carboxylic acids is 1. The standard InChI is InChI=1S/C9H14N2O2/c1-9(2,3)6-10-8(12)7-4-5-13-11-7/h4-5H,6H2,1-3H3,(H,10,12). The zero-order valence-electron chi connectivity index (χ0n) is 8.13. The van der Waals surface area contributed by atoms with Gasteiger partial charge in [0.15, 0.2) is 5.69 Å². The first kappa shape index (κ1) is 9.77. The molecular weight excluding hydrogens is 168 g/mol. The second-order valence-electron chi connectivity index (χ2n) is 4.13. The van der Waals surface area contributed by atoms with Crippen LogP contribution in [-0.4, -0.2) is 17.6 Å². The minimum atomic E-state index is -0.191. The molecule has 0 aliphatic rings. The van der Waals surface area contributed by atoms with E-state index >= 15 is 0 Å². The summed E-state index contributed by atoms with van der Waals surface area (Å²) in [6.45, 7) is 6.78. The van der Waals surface area contributed by atoms with E-state index in [0.717, 1.165) is 0 Å². The van der Waals surface area contributed by atoms with Gasteiger partial charge in [-0.05, 0) is 5.41 Å². The fraction of sp³-hybridized carbons (Fsp3) is 0.556. The Morgan fingerprint density at radius 1 is 1.62 bits per heavy atom. The van der Waals surface area contributed by atoms with Gasteiger partial charge in [0.05, 0.1) is 0 Å². The van der Waals surface area contributed by atoms with Crippen LogP contribution in [0.3, 0.4) is 0 Å². The molecule has 13 heavy (non-hydrogen) atoms. The lowest BCUT2D eigenvalue weighted by Gasteiger charge is -2.17. The van der Waals surface area contributed by atoms with E-state index in [-0.39, 0.29) is 11.3 Å². The predicted octanol–water partition coefficient (Wildman–Crippen LogP) is 1.45. The summed E-state index contributed by atoms with van der Waals surface area (Å²) in [4.78, 5) is 11.3. The van der Waals surface area contributed by atoms with E-state index in [1.54, 1.807) is 0 Å². The summed E-state index contributed by atoms with van der Waals surface area (Å²) in [5.41, 5.74) is 0.406. The molecule has 72 valence electrons. The van der Waals surface area contributed by atoms with Crippen LogP contribution in [0.1, 0.15) is 31.3 Å². The van der Waals surface area contributed by atoms with Crippen molar-refractivity contribution in [3.63, 3.8) is 0 Å². The molecule has 4 heteroatoms. The zero-order chi connectivity index (χ0) is 9.90. The number of rotatable bonds is 2. The Morgan fingerprint density at radius 3 is 2.77 bits per heavy atom. The highest BCUT2D eigenvalue weighted by atomic mass is 16.5. The molecule has 0 aliphatic heterocycles. The molecule has 0 spiro atoms. The third-order valence-electron chi connectivity index (χ3n) is 1.45. The molecule has 1 rings (SSSR count). The van der Waals surface area contributed by atoms with Crippen molar-refractivity contribution < 1.29 is 9.32 Å². The number of aromatic nitrogens is 1. The Hall–Kier alpha value is -1.32. The first-order valence-corrected chi connectivity index (χ1v) is 4.18. The molecule has 1 aromatic heterocycles. The maximum atomic E-state index is 11.3. The highest BCUT2D eigenvalue weighted by molar-refractivity contribution is 5.91. The second kappa shape index (κ2) is 3.60. The molecule has 0 aromatic carbocycles. The van der Waals surface area contributed by atoms with Gasteiger partial charge in [-0.15, -0.1) is 0 Å². The van der Waals surface area contributed by atoms with Gasteiger partial charge < -0.3 is 9.84 Å². The van der Waals surface area contributed by atoms with Crippen LogP contribution in [-0.2, 0) is 0 Å². The van der Waals surface area contributed by atoms with Gasteiger partial charge in [0, 0.05) is 12.6 Å². The smallest absolute Gasteiger partial charge is 0.273 e. The molecule has 0 saturated heterocycles. The Morgan fingerprint density at radius 2 is 2.31 bits per heavy atom. The van der Waals surface area contributed by atoms with E-state index < -0.39 is 0 Å². The highest BCUT2D eigenvalue weighted by Crippen LogP contribution is 2.10. The number of nitrogens with one attached hydrogen (secondary N) is 1. The molecule has 1 amide bonds. The molecule has 0 saturated carbocycles. The molecule has 1 heterocycles. The zero-order valence-corrected chi connectivity index (χ0v) is 8.13. The molecule has 1 N–H and O–H groups in total. The van der Waals surface area contributed by atoms with Gasteiger partial charge in [0.1, 0.15) is 6.26 Å². The summed E-state index contributed by atoms with van der Waals surface area (Å²) in [6.07, 6.45) is 1.38. The van der Waals surface area contributed by atoms with Gasteiger partial charge in [-0.3, -0.25) is 4.79 Å². The number of amides is 1. The van der Waals surface area contributed by atoms with Crippen molar-refractivity contribution in [1.29, 1.82) is 0 Å². The van der Waals surface area contributed by atoms with Gasteiger partial charge in [-0.25, -0.2) is 0 Å². The molecule has 0 unspecified atom stereocenters. The summed E-state index contributed by atoms with van der Waals surface area (Å²) >= 11 is 0. The Kier molecular flexibility index (Phi) is 2.70. The van der Waals surface area contributed by atoms with Crippen molar-refractivity contribution in [1.82, 2.24) is 10.5 Å². The van der Waals surface area contributed by atoms with Gasteiger partial charge in [0.2, 0.25) is 0 Å². The van der Waals surface area contributed by atoms with E-state index in [1.807, 2.05) is 0 Å². The van der Waals surface area contributed by atoms with Crippen LogP contribution in [0.25, 0.3) is 0 Å². The highest BCUT2D eigenvalue weighted by Gasteiger charge is 2.14. The van der Waals surface area contributed by atoms with Crippen LogP contribution >= 0.6 is 0 Å². The number of carbonyl (C=O) groups is 1. The first-order chi connectivity index (χ1) is 5.99. The number of hydrogen-bond donors (Lipinski definition) is 1. The SMILES string of the molecule is CC(C)(C)CNC(=O)c1ccon1. The van der Waals surface area contributed by atoms with Gasteiger partial charge in [-0.2, -0.15) is 0 Å². The molecule has 0 radical (unpaired) electrons. The summed E-state index contributed by atoms with van der Waals surface area (Å²) in [6, 6.07) is 1.54. The Labute approximate surface area is 77.3 Å². The fourth-order valence-electron chi connectivity index (χ4n) is 0.766. The third kappa shape index (κ3) is 3.27. The van der Waals surface area contributed by atoms with Crippen LogP contribution in [0.15, 0.2) is 16.9 Å². The second-order valence-corrected chi connectivity index (χ2v) is 4.13. The lowest BCUT2D eigenvalue weighted by Crippen LogP contribution is -2.32. The lowest BCUT2D eigenvalue weighted by atomic mass is 9.97. The van der Waals surface area contributed by atoms with Crippen molar-refractivity contribution in [3.8, 4) is 0 Å². The minimum absolute atomic E-state index is 0.0827. The van der Waals surface area contributed by atoms with Gasteiger partial charge >= 0.3 is 0 Å². The van der Waals surface area contributed by atoms with Gasteiger partial charge in [-0.1, -0.05) is 25.9 Å². The third-order valence-corrected chi connectivity index (χ3v) is 1.45. The summed E-state index contributed by atoms with van der Waals surface area (Å²) in [5.74, 6) is -0.191. The minimum Gasteiger partial charge on any atom is -0.364 e. The van der Waals surface area contributed by atoms with Crippen molar-refractivity contribution in [2.24, 2.45) is 5.41 Å². The number of hydrogen-bond acceptors (Lipinski definition) is 3. The van der Waals surface area contributed by atoms with Crippen LogP contribution in [0, 0.1) is 5.41 Å². The fourth-order valence-corrected chi connectivity index (χ4v) is 0.766. The molecule has 4 nitrogen and oxygen atoms in total. The van der Waals surface area contributed by atoms with E-state index in [0.29, 0.717) is 12.2 Å². The number of nitrogens with zero attached hydrogens (tertiary/aromatic N) is 1. The van der Waals surface area contributed by atoms with Gasteiger partial charge in [0.25, 0.3) is 5.91 Å². The van der Waals surface area contributed by atoms with Crippen molar-refractivity contribution >= 4 is 5.91 Å². The summed E-state index contributed by atoms with van der Waals surface area (Å²) in [5, 5.41) is 6.29. The van der Waals surface area contributed by atoms with Crippen molar-refractivity contribution in [2.45, 2.75) is 20.8 Å². The summed E-state index contributed by atoms with van der Waals surface area (Å²) in [7, 11) is 0. The van der Waals surface area contributed by atoms with E-state index in [4.69, 9.17) is 0 Å². The lowest BCUT2D eigenvalue weighted by molar-refractivity contribution is 0.0930. The summed E-state index contributed by atoms with van der Waals surface area (Å²) < 4.78 is 4.56. The van der Waals surface area contributed by atoms with E-state index in [1.165, 1.54) is 12.3 Å². The van der Waals surface area contributed by atoms with Crippen LogP contribution in [0.5, 0.6) is 0 Å². The van der Waals surface area contributed by atoms with E-state index in [2.05, 4.69) is 35.8 Å². The molecule has 0 bridgehead atoms. The van der Waals surface area contributed by atoms with Crippen molar-refractivity contribution in [3.05, 3.63) is 18.0 Å². The molecule has 0 fully saturated rings. The topological polar surface area (TPSA) is 55.1 Å².